The fraction of sp³-hybridized carbons (Fsp3) is 0.261. The maximum absolute atomic E-state index is 14.3. The highest BCUT2D eigenvalue weighted by Crippen LogP contribution is 2.32. The molecule has 0 unspecified atom stereocenters. The van der Waals surface area contributed by atoms with Gasteiger partial charge in [0.1, 0.15) is 16.3 Å². The van der Waals surface area contributed by atoms with Gasteiger partial charge in [-0.3, -0.25) is 10.2 Å². The Bertz CT molecular complexity index is 1520. The zero-order chi connectivity index (χ0) is 26.8. The van der Waals surface area contributed by atoms with Gasteiger partial charge in [-0.15, -0.1) is 4.83 Å². The summed E-state index contributed by atoms with van der Waals surface area (Å²) in [6.45, 7) is 3.17. The normalized spacial score (nSPS) is 11.4. The van der Waals surface area contributed by atoms with Crippen LogP contribution in [0.25, 0.3) is 11.0 Å². The molecule has 1 heterocycles. The van der Waals surface area contributed by atoms with Crippen molar-refractivity contribution in [2.45, 2.75) is 31.6 Å². The monoisotopic (exact) mass is 539 g/mol. The Morgan fingerprint density at radius 3 is 2.53 bits per heavy atom. The van der Waals surface area contributed by atoms with E-state index in [0.29, 0.717) is 16.5 Å². The largest absolute Gasteiger partial charge is 0.422 e. The third-order valence-electron chi connectivity index (χ3n) is 5.21. The maximum Gasteiger partial charge on any atom is 0.414 e. The maximum atomic E-state index is 14.3. The van der Waals surface area contributed by atoms with Crippen molar-refractivity contribution in [3.63, 3.8) is 0 Å². The van der Waals surface area contributed by atoms with E-state index < -0.39 is 38.4 Å². The number of hydrazine groups is 1. The van der Waals surface area contributed by atoms with Gasteiger partial charge in [0.15, 0.2) is 5.75 Å². The number of benzene rings is 2. The van der Waals surface area contributed by atoms with Gasteiger partial charge >= 0.3 is 11.7 Å². The van der Waals surface area contributed by atoms with Gasteiger partial charge in [-0.1, -0.05) is 24.6 Å². The van der Waals surface area contributed by atoms with Gasteiger partial charge in [-0.05, 0) is 36.2 Å². The average molecular weight is 540 g/mol. The molecule has 13 heteroatoms. The van der Waals surface area contributed by atoms with E-state index in [0.717, 1.165) is 12.1 Å². The summed E-state index contributed by atoms with van der Waals surface area (Å²) in [5.41, 5.74) is 2.39. The summed E-state index contributed by atoms with van der Waals surface area (Å²) in [4.78, 5) is 38.4. The standard InChI is InChI=1S/C23H23ClFN3O7S/c1-5-21(29)26-27-36(32,33)20-9-13(6-7-17(20)25)8-15-12(2)14-10-16(24)19(35-23(31)28(3)4)11-18(14)34-22(15)30/h6-7,9-11,27H,5,8H2,1-4H3,(H,26,29). The lowest BCUT2D eigenvalue weighted by molar-refractivity contribution is -0.121. The number of fused-ring (bicyclic) bond motifs is 1. The number of halogens is 2. The van der Waals surface area contributed by atoms with E-state index in [1.54, 1.807) is 6.92 Å². The Hall–Kier alpha value is -3.48. The number of carbonyl (C=O) groups is 2. The molecule has 3 aromatic rings. The van der Waals surface area contributed by atoms with Crippen LogP contribution in [0.3, 0.4) is 0 Å². The van der Waals surface area contributed by atoms with Crippen molar-refractivity contribution < 1.29 is 31.6 Å². The van der Waals surface area contributed by atoms with Crippen molar-refractivity contribution in [2.75, 3.05) is 14.1 Å². The third kappa shape index (κ3) is 5.83. The number of nitrogens with one attached hydrogen (secondary N) is 2. The molecule has 2 aromatic carbocycles. The molecule has 0 saturated heterocycles. The third-order valence-corrected chi connectivity index (χ3v) is 6.77. The number of hydrogen-bond acceptors (Lipinski definition) is 7. The van der Waals surface area contributed by atoms with Crippen LogP contribution in [0.1, 0.15) is 30.0 Å². The number of nitrogens with zero attached hydrogens (tertiary/aromatic N) is 1. The molecule has 2 amide bonds. The van der Waals surface area contributed by atoms with E-state index in [-0.39, 0.29) is 34.8 Å². The Labute approximate surface area is 211 Å². The zero-order valence-corrected chi connectivity index (χ0v) is 21.3. The quantitative estimate of drug-likeness (QED) is 0.347. The van der Waals surface area contributed by atoms with E-state index in [2.05, 4.69) is 0 Å². The summed E-state index contributed by atoms with van der Waals surface area (Å²) in [6.07, 6.45) is -0.729. The highest BCUT2D eigenvalue weighted by Gasteiger charge is 2.22. The number of hydrogen-bond donors (Lipinski definition) is 2. The van der Waals surface area contributed by atoms with Crippen molar-refractivity contribution in [1.82, 2.24) is 15.2 Å². The van der Waals surface area contributed by atoms with Crippen LogP contribution in [0, 0.1) is 12.7 Å². The fourth-order valence-electron chi connectivity index (χ4n) is 3.19. The number of amides is 2. The molecule has 0 aliphatic carbocycles. The van der Waals surface area contributed by atoms with E-state index in [1.165, 1.54) is 44.1 Å². The predicted molar refractivity (Wildman–Crippen MR) is 130 cm³/mol. The van der Waals surface area contributed by atoms with Gasteiger partial charge in [0.2, 0.25) is 5.91 Å². The molecular weight excluding hydrogens is 517 g/mol. The molecule has 0 spiro atoms. The van der Waals surface area contributed by atoms with Gasteiger partial charge in [0, 0.05) is 44.0 Å². The van der Waals surface area contributed by atoms with Crippen molar-refractivity contribution in [3.05, 3.63) is 68.3 Å². The van der Waals surface area contributed by atoms with Crippen LogP contribution in [0.4, 0.5) is 9.18 Å². The highest BCUT2D eigenvalue weighted by molar-refractivity contribution is 7.89. The highest BCUT2D eigenvalue weighted by atomic mass is 35.5. The summed E-state index contributed by atoms with van der Waals surface area (Å²) in [5.74, 6) is -1.63. The molecule has 0 bridgehead atoms. The first-order chi connectivity index (χ1) is 16.8. The minimum atomic E-state index is -4.41. The fourth-order valence-corrected chi connectivity index (χ4v) is 4.38. The second-order valence-electron chi connectivity index (χ2n) is 7.98. The first-order valence-electron chi connectivity index (χ1n) is 10.6. The summed E-state index contributed by atoms with van der Waals surface area (Å²) in [5, 5.41) is 0.578. The molecule has 0 atom stereocenters. The lowest BCUT2D eigenvalue weighted by Crippen LogP contribution is -2.41. The summed E-state index contributed by atoms with van der Waals surface area (Å²) in [7, 11) is -1.42. The van der Waals surface area contributed by atoms with Gasteiger partial charge in [0.25, 0.3) is 10.0 Å². The van der Waals surface area contributed by atoms with E-state index in [4.69, 9.17) is 20.8 Å². The predicted octanol–water partition coefficient (Wildman–Crippen LogP) is 3.26. The first kappa shape index (κ1) is 27.1. The summed E-state index contributed by atoms with van der Waals surface area (Å²) >= 11 is 6.27. The molecule has 0 radical (unpaired) electrons. The molecular formula is C23H23ClFN3O7S. The van der Waals surface area contributed by atoms with Gasteiger partial charge in [0.05, 0.1) is 5.02 Å². The van der Waals surface area contributed by atoms with Gasteiger partial charge < -0.3 is 14.1 Å². The molecule has 192 valence electrons. The second kappa shape index (κ2) is 10.6. The topological polar surface area (TPSA) is 135 Å². The SMILES string of the molecule is CCC(=O)NNS(=O)(=O)c1cc(Cc2c(C)c3cc(Cl)c(OC(=O)N(C)C)cc3oc2=O)ccc1F. The van der Waals surface area contributed by atoms with Crippen molar-refractivity contribution >= 4 is 44.6 Å². The van der Waals surface area contributed by atoms with Gasteiger partial charge in [-0.2, -0.15) is 0 Å². The van der Waals surface area contributed by atoms with Crippen LogP contribution in [-0.4, -0.2) is 39.4 Å². The molecule has 0 fully saturated rings. The lowest BCUT2D eigenvalue weighted by Gasteiger charge is -2.14. The molecule has 10 nitrogen and oxygen atoms in total. The molecule has 0 aliphatic rings. The molecule has 36 heavy (non-hydrogen) atoms. The van der Waals surface area contributed by atoms with E-state index in [9.17, 15) is 27.2 Å². The number of aryl methyl sites for hydroxylation is 1. The van der Waals surface area contributed by atoms with Crippen molar-refractivity contribution in [3.8, 4) is 5.75 Å². The number of ether oxygens (including phenoxy) is 1. The Kier molecular flexibility index (Phi) is 8.02. The van der Waals surface area contributed by atoms with Gasteiger partial charge in [-0.25, -0.2) is 22.4 Å². The lowest BCUT2D eigenvalue weighted by atomic mass is 9.99. The molecule has 0 aliphatic heterocycles. The molecule has 2 N–H and O–H groups in total. The summed E-state index contributed by atoms with van der Waals surface area (Å²) < 4.78 is 49.9. The summed E-state index contributed by atoms with van der Waals surface area (Å²) in [6, 6.07) is 6.16. The van der Waals surface area contributed by atoms with E-state index >= 15 is 0 Å². The first-order valence-corrected chi connectivity index (χ1v) is 12.4. The Morgan fingerprint density at radius 1 is 1.19 bits per heavy atom. The zero-order valence-electron chi connectivity index (χ0n) is 19.8. The molecule has 0 saturated carbocycles. The van der Waals surface area contributed by atoms with E-state index in [1.807, 2.05) is 10.3 Å². The van der Waals surface area contributed by atoms with Crippen molar-refractivity contribution in [2.24, 2.45) is 0 Å². The molecule has 3 rings (SSSR count). The van der Waals surface area contributed by atoms with Crippen LogP contribution in [0.2, 0.25) is 5.02 Å². The van der Waals surface area contributed by atoms with Crippen LogP contribution in [0.15, 0.2) is 44.4 Å². The second-order valence-corrected chi connectivity index (χ2v) is 10.0. The smallest absolute Gasteiger partial charge is 0.414 e. The average Bonchev–Trinajstić information content (AvgIpc) is 2.82. The minimum Gasteiger partial charge on any atom is -0.422 e. The van der Waals surface area contributed by atoms with Crippen LogP contribution in [0.5, 0.6) is 5.75 Å². The Balaban J connectivity index is 1.99. The van der Waals surface area contributed by atoms with Crippen LogP contribution in [-0.2, 0) is 21.2 Å². The minimum absolute atomic E-state index is 0.00853. The van der Waals surface area contributed by atoms with Crippen LogP contribution < -0.4 is 20.6 Å². The van der Waals surface area contributed by atoms with Crippen LogP contribution >= 0.6 is 11.6 Å². The molecule has 1 aromatic heterocycles. The Morgan fingerprint density at radius 2 is 1.89 bits per heavy atom. The number of sulfonamides is 1. The number of rotatable bonds is 7. The number of carbonyl (C=O) groups excluding carboxylic acids is 2. The van der Waals surface area contributed by atoms with Crippen molar-refractivity contribution in [1.29, 1.82) is 0 Å².